The molecule has 0 amide bonds. The van der Waals surface area contributed by atoms with Crippen LogP contribution in [-0.2, 0) is 4.74 Å². The molecular weight excluding hydrogens is 194 g/mol. The monoisotopic (exact) mass is 211 g/mol. The van der Waals surface area contributed by atoms with E-state index in [9.17, 15) is 5.11 Å². The second-order valence-corrected chi connectivity index (χ2v) is 3.44. The molecule has 5 heteroatoms. The van der Waals surface area contributed by atoms with Gasteiger partial charge in [-0.3, -0.25) is 0 Å². The maximum Gasteiger partial charge on any atom is 0.148 e. The largest absolute Gasteiger partial charge is 0.391 e. The summed E-state index contributed by atoms with van der Waals surface area (Å²) in [5.41, 5.74) is 1.06. The SMILES string of the molecule is COCC(O)CCNc1cc(C)cnn1. The van der Waals surface area contributed by atoms with Crippen LogP contribution in [0.3, 0.4) is 0 Å². The molecule has 0 spiro atoms. The number of aliphatic hydroxyl groups excluding tert-OH is 1. The van der Waals surface area contributed by atoms with Crippen LogP contribution in [0.15, 0.2) is 12.3 Å². The third kappa shape index (κ3) is 4.71. The molecule has 84 valence electrons. The highest BCUT2D eigenvalue weighted by Gasteiger charge is 2.02. The summed E-state index contributed by atoms with van der Waals surface area (Å²) in [6, 6.07) is 1.91. The summed E-state index contributed by atoms with van der Waals surface area (Å²) in [7, 11) is 1.57. The van der Waals surface area contributed by atoms with Crippen LogP contribution < -0.4 is 5.32 Å². The van der Waals surface area contributed by atoms with Gasteiger partial charge in [-0.25, -0.2) is 0 Å². The van der Waals surface area contributed by atoms with Crippen molar-refractivity contribution >= 4 is 5.82 Å². The van der Waals surface area contributed by atoms with Crippen molar-refractivity contribution < 1.29 is 9.84 Å². The maximum atomic E-state index is 9.38. The first-order valence-corrected chi connectivity index (χ1v) is 4.92. The molecule has 1 heterocycles. The van der Waals surface area contributed by atoms with Gasteiger partial charge < -0.3 is 15.2 Å². The Hall–Kier alpha value is -1.20. The number of nitrogens with zero attached hydrogens (tertiary/aromatic N) is 2. The maximum absolute atomic E-state index is 9.38. The highest BCUT2D eigenvalue weighted by Crippen LogP contribution is 2.03. The molecule has 5 nitrogen and oxygen atoms in total. The fourth-order valence-corrected chi connectivity index (χ4v) is 1.19. The molecule has 0 radical (unpaired) electrons. The lowest BCUT2D eigenvalue weighted by atomic mass is 10.2. The van der Waals surface area contributed by atoms with E-state index in [1.807, 2.05) is 13.0 Å². The van der Waals surface area contributed by atoms with Gasteiger partial charge in [0.15, 0.2) is 0 Å². The van der Waals surface area contributed by atoms with Crippen LogP contribution in [0.25, 0.3) is 0 Å². The number of rotatable bonds is 6. The minimum absolute atomic E-state index is 0.362. The predicted octanol–water partition coefficient (Wildman–Crippen LogP) is 0.594. The van der Waals surface area contributed by atoms with Crippen LogP contribution in [0.2, 0.25) is 0 Å². The number of methoxy groups -OCH3 is 1. The van der Waals surface area contributed by atoms with Crippen LogP contribution in [0.4, 0.5) is 5.82 Å². The average Bonchev–Trinajstić information content (AvgIpc) is 2.18. The van der Waals surface area contributed by atoms with E-state index >= 15 is 0 Å². The predicted molar refractivity (Wildman–Crippen MR) is 57.8 cm³/mol. The van der Waals surface area contributed by atoms with Gasteiger partial charge in [-0.1, -0.05) is 0 Å². The number of ether oxygens (including phenoxy) is 1. The standard InChI is InChI=1S/C10H17N3O2/c1-8-5-10(13-12-6-8)11-4-3-9(14)7-15-2/h5-6,9,14H,3-4,7H2,1-2H3,(H,11,13). The summed E-state index contributed by atoms with van der Waals surface area (Å²) in [6.45, 7) is 2.98. The summed E-state index contributed by atoms with van der Waals surface area (Å²) in [4.78, 5) is 0. The van der Waals surface area contributed by atoms with E-state index in [0.29, 0.717) is 19.6 Å². The van der Waals surface area contributed by atoms with Crippen molar-refractivity contribution in [3.05, 3.63) is 17.8 Å². The van der Waals surface area contributed by atoms with Gasteiger partial charge in [0.1, 0.15) is 5.82 Å². The van der Waals surface area contributed by atoms with Crippen LogP contribution in [0.5, 0.6) is 0 Å². The van der Waals surface area contributed by atoms with E-state index in [4.69, 9.17) is 4.74 Å². The molecule has 0 saturated heterocycles. The highest BCUT2D eigenvalue weighted by atomic mass is 16.5. The lowest BCUT2D eigenvalue weighted by molar-refractivity contribution is 0.0615. The van der Waals surface area contributed by atoms with E-state index in [0.717, 1.165) is 11.4 Å². The number of aromatic nitrogens is 2. The van der Waals surface area contributed by atoms with Gasteiger partial charge >= 0.3 is 0 Å². The summed E-state index contributed by atoms with van der Waals surface area (Å²) in [5, 5.41) is 20.2. The highest BCUT2D eigenvalue weighted by molar-refractivity contribution is 5.34. The summed E-state index contributed by atoms with van der Waals surface area (Å²) >= 11 is 0. The quantitative estimate of drug-likeness (QED) is 0.721. The van der Waals surface area contributed by atoms with Crippen molar-refractivity contribution in [3.63, 3.8) is 0 Å². The Kier molecular flexibility index (Phi) is 5.00. The second kappa shape index (κ2) is 6.31. The Bertz CT molecular complexity index is 294. The Morgan fingerprint density at radius 2 is 2.40 bits per heavy atom. The Balaban J connectivity index is 2.25. The minimum Gasteiger partial charge on any atom is -0.391 e. The first kappa shape index (κ1) is 11.9. The van der Waals surface area contributed by atoms with Crippen molar-refractivity contribution in [2.45, 2.75) is 19.4 Å². The zero-order valence-electron chi connectivity index (χ0n) is 9.10. The van der Waals surface area contributed by atoms with Crippen LogP contribution in [-0.4, -0.2) is 41.7 Å². The fourth-order valence-electron chi connectivity index (χ4n) is 1.19. The zero-order chi connectivity index (χ0) is 11.1. The molecule has 0 aliphatic heterocycles. The molecule has 1 atom stereocenters. The third-order valence-electron chi connectivity index (χ3n) is 1.93. The van der Waals surface area contributed by atoms with Gasteiger partial charge in [0.25, 0.3) is 0 Å². The number of nitrogens with one attached hydrogen (secondary N) is 1. The molecule has 1 aromatic heterocycles. The number of hydrogen-bond acceptors (Lipinski definition) is 5. The molecular formula is C10H17N3O2. The molecule has 1 rings (SSSR count). The van der Waals surface area contributed by atoms with Gasteiger partial charge in [-0.15, -0.1) is 5.10 Å². The molecule has 15 heavy (non-hydrogen) atoms. The average molecular weight is 211 g/mol. The van der Waals surface area contributed by atoms with Crippen molar-refractivity contribution in [3.8, 4) is 0 Å². The fraction of sp³-hybridized carbons (Fsp3) is 0.600. The molecule has 0 saturated carbocycles. The molecule has 0 bridgehead atoms. The minimum atomic E-state index is -0.430. The van der Waals surface area contributed by atoms with Crippen molar-refractivity contribution in [2.24, 2.45) is 0 Å². The molecule has 0 aromatic carbocycles. The Morgan fingerprint density at radius 3 is 3.07 bits per heavy atom. The summed E-state index contributed by atoms with van der Waals surface area (Å²) in [6.07, 6.45) is 1.90. The molecule has 1 aromatic rings. The summed E-state index contributed by atoms with van der Waals surface area (Å²) < 4.78 is 4.82. The van der Waals surface area contributed by atoms with Gasteiger partial charge in [0.05, 0.1) is 18.9 Å². The van der Waals surface area contributed by atoms with Crippen molar-refractivity contribution in [2.75, 3.05) is 25.6 Å². The van der Waals surface area contributed by atoms with Crippen LogP contribution >= 0.6 is 0 Å². The number of anilines is 1. The van der Waals surface area contributed by atoms with Crippen LogP contribution in [0.1, 0.15) is 12.0 Å². The number of hydrogen-bond donors (Lipinski definition) is 2. The van der Waals surface area contributed by atoms with Gasteiger partial charge in [0.2, 0.25) is 0 Å². The normalized spacial score (nSPS) is 12.5. The van der Waals surface area contributed by atoms with E-state index in [1.54, 1.807) is 13.3 Å². The third-order valence-corrected chi connectivity index (χ3v) is 1.93. The van der Waals surface area contributed by atoms with E-state index in [1.165, 1.54) is 0 Å². The smallest absolute Gasteiger partial charge is 0.148 e. The van der Waals surface area contributed by atoms with Crippen LogP contribution in [0, 0.1) is 6.92 Å². The lowest BCUT2D eigenvalue weighted by Gasteiger charge is -2.10. The summed E-state index contributed by atoms with van der Waals surface area (Å²) in [5.74, 6) is 0.736. The molecule has 0 fully saturated rings. The number of aliphatic hydroxyl groups is 1. The topological polar surface area (TPSA) is 67.3 Å². The van der Waals surface area contributed by atoms with E-state index < -0.39 is 6.10 Å². The molecule has 0 aliphatic rings. The number of aryl methyl sites for hydroxylation is 1. The second-order valence-electron chi connectivity index (χ2n) is 3.44. The zero-order valence-corrected chi connectivity index (χ0v) is 9.10. The van der Waals surface area contributed by atoms with Gasteiger partial charge in [-0.2, -0.15) is 5.10 Å². The molecule has 0 aliphatic carbocycles. The first-order chi connectivity index (χ1) is 7.22. The van der Waals surface area contributed by atoms with Gasteiger partial charge in [0, 0.05) is 13.7 Å². The van der Waals surface area contributed by atoms with E-state index in [2.05, 4.69) is 15.5 Å². The molecule has 2 N–H and O–H groups in total. The molecule has 1 unspecified atom stereocenters. The van der Waals surface area contributed by atoms with Gasteiger partial charge in [-0.05, 0) is 25.0 Å². The Labute approximate surface area is 89.5 Å². The lowest BCUT2D eigenvalue weighted by Crippen LogP contribution is -2.18. The van der Waals surface area contributed by atoms with Crippen molar-refractivity contribution in [1.29, 1.82) is 0 Å². The Morgan fingerprint density at radius 1 is 1.60 bits per heavy atom. The first-order valence-electron chi connectivity index (χ1n) is 4.92. The van der Waals surface area contributed by atoms with E-state index in [-0.39, 0.29) is 0 Å². The van der Waals surface area contributed by atoms with Crippen molar-refractivity contribution in [1.82, 2.24) is 10.2 Å².